The van der Waals surface area contributed by atoms with Crippen LogP contribution in [0.1, 0.15) is 27.8 Å². The van der Waals surface area contributed by atoms with Gasteiger partial charge in [0.1, 0.15) is 11.4 Å². The van der Waals surface area contributed by atoms with Crippen molar-refractivity contribution in [1.82, 2.24) is 14.7 Å². The summed E-state index contributed by atoms with van der Waals surface area (Å²) in [4.78, 5) is 29.0. The molecule has 0 spiro atoms. The lowest BCUT2D eigenvalue weighted by Gasteiger charge is -2.36. The molecule has 206 valence electrons. The molecule has 40 heavy (non-hydrogen) atoms. The molecule has 0 N–H and O–H groups in total. The molecule has 1 aliphatic rings. The van der Waals surface area contributed by atoms with Gasteiger partial charge in [0, 0.05) is 43.0 Å². The fraction of sp³-hybridized carbons (Fsp3) is 0.233. The summed E-state index contributed by atoms with van der Waals surface area (Å²) in [5.41, 5.74) is 3.50. The quantitative estimate of drug-likeness (QED) is 0.305. The number of piperazine rings is 1. The fourth-order valence-corrected chi connectivity index (χ4v) is 4.70. The highest BCUT2D eigenvalue weighted by Gasteiger charge is 2.24. The SMILES string of the molecule is CCOC(=O)c1cc(-c2ccc(N3CCN(C(=O)c4ccc(F)c(F)c4)CC3)cc2)n(-c2ccccc2OC)n1. The van der Waals surface area contributed by atoms with Crippen LogP contribution in [0.3, 0.4) is 0 Å². The summed E-state index contributed by atoms with van der Waals surface area (Å²) in [6.07, 6.45) is 0. The van der Waals surface area contributed by atoms with Gasteiger partial charge in [0.2, 0.25) is 0 Å². The first-order chi connectivity index (χ1) is 19.4. The molecule has 0 radical (unpaired) electrons. The van der Waals surface area contributed by atoms with E-state index < -0.39 is 17.6 Å². The van der Waals surface area contributed by atoms with Crippen LogP contribution in [0.2, 0.25) is 0 Å². The van der Waals surface area contributed by atoms with Crippen molar-refractivity contribution in [2.75, 3.05) is 44.8 Å². The second kappa shape index (κ2) is 11.6. The number of para-hydroxylation sites is 2. The number of hydrogen-bond acceptors (Lipinski definition) is 6. The monoisotopic (exact) mass is 546 g/mol. The molecule has 3 aromatic carbocycles. The van der Waals surface area contributed by atoms with Crippen LogP contribution >= 0.6 is 0 Å². The molecule has 1 aromatic heterocycles. The van der Waals surface area contributed by atoms with Crippen molar-refractivity contribution in [3.8, 4) is 22.7 Å². The number of aromatic nitrogens is 2. The van der Waals surface area contributed by atoms with Crippen LogP contribution in [0.15, 0.2) is 72.8 Å². The van der Waals surface area contributed by atoms with Crippen molar-refractivity contribution in [2.24, 2.45) is 0 Å². The van der Waals surface area contributed by atoms with Gasteiger partial charge in [0.05, 0.1) is 19.4 Å². The fourth-order valence-electron chi connectivity index (χ4n) is 4.70. The van der Waals surface area contributed by atoms with Crippen molar-refractivity contribution < 1.29 is 27.8 Å². The van der Waals surface area contributed by atoms with Crippen LogP contribution in [-0.4, -0.2) is 66.5 Å². The number of methoxy groups -OCH3 is 1. The topological polar surface area (TPSA) is 76.9 Å². The number of hydrogen-bond donors (Lipinski definition) is 0. The maximum atomic E-state index is 13.6. The lowest BCUT2D eigenvalue weighted by atomic mass is 10.1. The highest BCUT2D eigenvalue weighted by atomic mass is 19.2. The second-order valence-corrected chi connectivity index (χ2v) is 9.17. The van der Waals surface area contributed by atoms with Crippen molar-refractivity contribution >= 4 is 17.6 Å². The van der Waals surface area contributed by atoms with Crippen molar-refractivity contribution in [1.29, 1.82) is 0 Å². The molecule has 10 heteroatoms. The third kappa shape index (κ3) is 5.38. The molecule has 5 rings (SSSR count). The zero-order chi connectivity index (χ0) is 28.2. The molecule has 1 amide bonds. The molecule has 4 aromatic rings. The minimum absolute atomic E-state index is 0.130. The van der Waals surface area contributed by atoms with Gasteiger partial charge in [-0.25, -0.2) is 18.3 Å². The first-order valence-corrected chi connectivity index (χ1v) is 12.9. The Labute approximate surface area is 230 Å². The van der Waals surface area contributed by atoms with Gasteiger partial charge in [-0.3, -0.25) is 4.79 Å². The smallest absolute Gasteiger partial charge is 0.358 e. The Balaban J connectivity index is 1.35. The summed E-state index contributed by atoms with van der Waals surface area (Å²) in [5, 5.41) is 4.53. The lowest BCUT2D eigenvalue weighted by molar-refractivity contribution is 0.0518. The van der Waals surface area contributed by atoms with Gasteiger partial charge in [-0.2, -0.15) is 5.10 Å². The third-order valence-corrected chi connectivity index (χ3v) is 6.77. The van der Waals surface area contributed by atoms with Gasteiger partial charge in [0.15, 0.2) is 17.3 Å². The maximum Gasteiger partial charge on any atom is 0.358 e. The molecule has 0 unspecified atom stereocenters. The molecular weight excluding hydrogens is 518 g/mol. The summed E-state index contributed by atoms with van der Waals surface area (Å²) < 4.78 is 39.2. The predicted octanol–water partition coefficient (Wildman–Crippen LogP) is 4.97. The molecule has 1 fully saturated rings. The van der Waals surface area contributed by atoms with Gasteiger partial charge >= 0.3 is 5.97 Å². The number of nitrogens with zero attached hydrogens (tertiary/aromatic N) is 4. The predicted molar refractivity (Wildman–Crippen MR) is 146 cm³/mol. The number of anilines is 1. The highest BCUT2D eigenvalue weighted by molar-refractivity contribution is 5.94. The van der Waals surface area contributed by atoms with Crippen molar-refractivity contribution in [3.63, 3.8) is 0 Å². The molecule has 0 atom stereocenters. The van der Waals surface area contributed by atoms with Crippen LogP contribution in [0.4, 0.5) is 14.5 Å². The van der Waals surface area contributed by atoms with Crippen molar-refractivity contribution in [2.45, 2.75) is 6.92 Å². The number of benzene rings is 3. The van der Waals surface area contributed by atoms with Gasteiger partial charge in [-0.15, -0.1) is 0 Å². The molecule has 0 aliphatic carbocycles. The van der Waals surface area contributed by atoms with E-state index in [2.05, 4.69) is 10.00 Å². The Hall–Kier alpha value is -4.73. The van der Waals surface area contributed by atoms with Gasteiger partial charge in [0.25, 0.3) is 5.91 Å². The van der Waals surface area contributed by atoms with E-state index in [1.807, 2.05) is 48.5 Å². The molecule has 1 saturated heterocycles. The van der Waals surface area contributed by atoms with Crippen LogP contribution in [0.25, 0.3) is 16.9 Å². The van der Waals surface area contributed by atoms with Gasteiger partial charge < -0.3 is 19.3 Å². The molecular formula is C30H28F2N4O4. The molecule has 0 bridgehead atoms. The zero-order valence-corrected chi connectivity index (χ0v) is 22.1. The van der Waals surface area contributed by atoms with Crippen molar-refractivity contribution in [3.05, 3.63) is 95.7 Å². The Bertz CT molecular complexity index is 1530. The van der Waals surface area contributed by atoms with Crippen LogP contribution in [0, 0.1) is 11.6 Å². The summed E-state index contributed by atoms with van der Waals surface area (Å²) in [6.45, 7) is 4.05. The van der Waals surface area contributed by atoms with Gasteiger partial charge in [-0.1, -0.05) is 24.3 Å². The van der Waals surface area contributed by atoms with E-state index in [-0.39, 0.29) is 23.8 Å². The molecule has 2 heterocycles. The number of rotatable bonds is 7. The minimum atomic E-state index is -1.04. The normalized spacial score (nSPS) is 13.3. The first-order valence-electron chi connectivity index (χ1n) is 12.9. The minimum Gasteiger partial charge on any atom is -0.494 e. The van der Waals surface area contributed by atoms with Gasteiger partial charge in [-0.05, 0) is 55.5 Å². The number of halogens is 2. The molecule has 8 nitrogen and oxygen atoms in total. The number of ether oxygens (including phenoxy) is 2. The van der Waals surface area contributed by atoms with Crippen LogP contribution < -0.4 is 9.64 Å². The van der Waals surface area contributed by atoms with E-state index in [1.165, 1.54) is 6.07 Å². The summed E-state index contributed by atoms with van der Waals surface area (Å²) in [5.74, 6) is -2.24. The zero-order valence-electron chi connectivity index (χ0n) is 22.1. The van der Waals surface area contributed by atoms with E-state index in [0.29, 0.717) is 43.3 Å². The average Bonchev–Trinajstić information content (AvgIpc) is 3.44. The average molecular weight is 547 g/mol. The Kier molecular flexibility index (Phi) is 7.77. The summed E-state index contributed by atoms with van der Waals surface area (Å²) in [7, 11) is 1.58. The Morgan fingerprint density at radius 2 is 1.62 bits per heavy atom. The maximum absolute atomic E-state index is 13.6. The Morgan fingerprint density at radius 3 is 2.30 bits per heavy atom. The van der Waals surface area contributed by atoms with E-state index >= 15 is 0 Å². The van der Waals surface area contributed by atoms with Crippen LogP contribution in [0.5, 0.6) is 5.75 Å². The van der Waals surface area contributed by atoms with E-state index in [9.17, 15) is 18.4 Å². The van der Waals surface area contributed by atoms with E-state index in [1.54, 1.807) is 29.7 Å². The van der Waals surface area contributed by atoms with E-state index in [0.717, 1.165) is 23.4 Å². The molecule has 1 aliphatic heterocycles. The lowest BCUT2D eigenvalue weighted by Crippen LogP contribution is -2.48. The second-order valence-electron chi connectivity index (χ2n) is 9.17. The largest absolute Gasteiger partial charge is 0.494 e. The standard InChI is InChI=1S/C30H28F2N4O4/c1-3-40-30(38)25-19-27(36(33-25)26-6-4-5-7-28(26)39-2)20-8-11-22(12-9-20)34-14-16-35(17-15-34)29(37)21-10-13-23(31)24(32)18-21/h4-13,18-19H,3,14-17H2,1-2H3. The summed E-state index contributed by atoms with van der Waals surface area (Å²) in [6, 6.07) is 20.2. The number of carbonyl (C=O) groups is 2. The first kappa shape index (κ1) is 26.9. The summed E-state index contributed by atoms with van der Waals surface area (Å²) >= 11 is 0. The number of carbonyl (C=O) groups excluding carboxylic acids is 2. The number of esters is 1. The Morgan fingerprint density at radius 1 is 0.900 bits per heavy atom. The highest BCUT2D eigenvalue weighted by Crippen LogP contribution is 2.31. The third-order valence-electron chi connectivity index (χ3n) is 6.77. The van der Waals surface area contributed by atoms with Crippen LogP contribution in [-0.2, 0) is 4.74 Å². The van der Waals surface area contributed by atoms with E-state index in [4.69, 9.17) is 9.47 Å². The number of amides is 1. The molecule has 0 saturated carbocycles.